The van der Waals surface area contributed by atoms with Gasteiger partial charge in [0.05, 0.1) is 12.6 Å². The van der Waals surface area contributed by atoms with Gasteiger partial charge >= 0.3 is 0 Å². The van der Waals surface area contributed by atoms with Crippen molar-refractivity contribution < 1.29 is 9.63 Å². The van der Waals surface area contributed by atoms with Crippen LogP contribution in [0.1, 0.15) is 30.9 Å². The molecule has 2 aromatic rings. The van der Waals surface area contributed by atoms with Crippen molar-refractivity contribution in [2.75, 3.05) is 26.2 Å². The molecular formula is C23H30N2O2. The number of hydrogen-bond donors (Lipinski definition) is 0. The molecule has 1 heterocycles. The summed E-state index contributed by atoms with van der Waals surface area (Å²) < 4.78 is 0. The van der Waals surface area contributed by atoms with E-state index in [2.05, 4.69) is 47.4 Å². The fourth-order valence-electron chi connectivity index (χ4n) is 3.67. The van der Waals surface area contributed by atoms with E-state index in [1.807, 2.05) is 18.2 Å². The van der Waals surface area contributed by atoms with Crippen molar-refractivity contribution in [3.63, 3.8) is 0 Å². The summed E-state index contributed by atoms with van der Waals surface area (Å²) in [5.41, 5.74) is 2.62. The van der Waals surface area contributed by atoms with Gasteiger partial charge in [0, 0.05) is 26.6 Å². The van der Waals surface area contributed by atoms with E-state index in [4.69, 9.17) is 4.84 Å². The summed E-state index contributed by atoms with van der Waals surface area (Å²) >= 11 is 0. The van der Waals surface area contributed by atoms with E-state index in [1.165, 1.54) is 11.1 Å². The molecule has 0 spiro atoms. The van der Waals surface area contributed by atoms with Crippen molar-refractivity contribution >= 4 is 5.91 Å². The minimum Gasteiger partial charge on any atom is -0.303 e. The van der Waals surface area contributed by atoms with Crippen LogP contribution in [0.5, 0.6) is 0 Å². The standard InChI is InChI=1S/C23H30N2O2/c1-20(26)25(27-19-15-22-10-6-3-7-11-22)23-13-17-24(18-14-23)16-12-21-8-4-2-5-9-21/h2-11,23H,12-19H2,1H3. The van der Waals surface area contributed by atoms with Gasteiger partial charge in [0.2, 0.25) is 5.91 Å². The summed E-state index contributed by atoms with van der Waals surface area (Å²) in [5, 5.41) is 1.62. The van der Waals surface area contributed by atoms with Crippen LogP contribution in [-0.2, 0) is 22.5 Å². The molecule has 144 valence electrons. The molecule has 3 rings (SSSR count). The van der Waals surface area contributed by atoms with E-state index < -0.39 is 0 Å². The van der Waals surface area contributed by atoms with Crippen LogP contribution in [0.15, 0.2) is 60.7 Å². The number of benzene rings is 2. The Balaban J connectivity index is 1.42. The lowest BCUT2D eigenvalue weighted by Gasteiger charge is -2.37. The van der Waals surface area contributed by atoms with Gasteiger partial charge in [-0.2, -0.15) is 0 Å². The van der Waals surface area contributed by atoms with E-state index in [1.54, 1.807) is 12.0 Å². The number of piperidine rings is 1. The van der Waals surface area contributed by atoms with E-state index in [9.17, 15) is 4.79 Å². The van der Waals surface area contributed by atoms with Gasteiger partial charge in [0.1, 0.15) is 0 Å². The zero-order valence-electron chi connectivity index (χ0n) is 16.2. The van der Waals surface area contributed by atoms with E-state index in [0.717, 1.165) is 45.3 Å². The van der Waals surface area contributed by atoms with Crippen molar-refractivity contribution in [2.24, 2.45) is 0 Å². The van der Waals surface area contributed by atoms with Crippen LogP contribution < -0.4 is 0 Å². The number of carbonyl (C=O) groups is 1. The van der Waals surface area contributed by atoms with Crippen LogP contribution in [0.3, 0.4) is 0 Å². The highest BCUT2D eigenvalue weighted by Gasteiger charge is 2.27. The predicted octanol–water partition coefficient (Wildman–Crippen LogP) is 3.72. The first-order chi connectivity index (χ1) is 13.2. The van der Waals surface area contributed by atoms with Gasteiger partial charge in [-0.05, 0) is 36.8 Å². The maximum absolute atomic E-state index is 12.1. The molecule has 0 aromatic heterocycles. The lowest BCUT2D eigenvalue weighted by molar-refractivity contribution is -0.202. The SMILES string of the molecule is CC(=O)N(OCCc1ccccc1)C1CCN(CCc2ccccc2)CC1. The summed E-state index contributed by atoms with van der Waals surface area (Å²) in [6, 6.07) is 21.1. The first-order valence-corrected chi connectivity index (χ1v) is 9.95. The first-order valence-electron chi connectivity index (χ1n) is 9.95. The smallest absolute Gasteiger partial charge is 0.243 e. The van der Waals surface area contributed by atoms with Crippen LogP contribution in [0.2, 0.25) is 0 Å². The number of rotatable bonds is 8. The van der Waals surface area contributed by atoms with Crippen LogP contribution in [0.25, 0.3) is 0 Å². The molecule has 1 amide bonds. The third kappa shape index (κ3) is 6.19. The van der Waals surface area contributed by atoms with E-state index in [-0.39, 0.29) is 11.9 Å². The quantitative estimate of drug-likeness (QED) is 0.668. The molecule has 0 N–H and O–H groups in total. The summed E-state index contributed by atoms with van der Waals surface area (Å²) in [6.45, 7) is 5.25. The Morgan fingerprint density at radius 1 is 0.963 bits per heavy atom. The zero-order valence-corrected chi connectivity index (χ0v) is 16.2. The Morgan fingerprint density at radius 2 is 1.52 bits per heavy atom. The summed E-state index contributed by atoms with van der Waals surface area (Å²) in [7, 11) is 0. The van der Waals surface area contributed by atoms with Crippen molar-refractivity contribution in [1.82, 2.24) is 9.96 Å². The van der Waals surface area contributed by atoms with Crippen molar-refractivity contribution in [3.8, 4) is 0 Å². The van der Waals surface area contributed by atoms with Crippen LogP contribution in [-0.4, -0.2) is 48.2 Å². The first kappa shape index (κ1) is 19.6. The fourth-order valence-corrected chi connectivity index (χ4v) is 3.67. The molecule has 0 aliphatic carbocycles. The van der Waals surface area contributed by atoms with Crippen LogP contribution >= 0.6 is 0 Å². The molecule has 4 nitrogen and oxygen atoms in total. The molecule has 1 aliphatic heterocycles. The minimum absolute atomic E-state index is 0.00537. The molecule has 0 unspecified atom stereocenters. The van der Waals surface area contributed by atoms with Crippen molar-refractivity contribution in [2.45, 2.75) is 38.6 Å². The molecule has 27 heavy (non-hydrogen) atoms. The fraction of sp³-hybridized carbons (Fsp3) is 0.435. The third-order valence-corrected chi connectivity index (χ3v) is 5.22. The van der Waals surface area contributed by atoms with Crippen molar-refractivity contribution in [3.05, 3.63) is 71.8 Å². The number of amides is 1. The highest BCUT2D eigenvalue weighted by molar-refractivity contribution is 5.72. The lowest BCUT2D eigenvalue weighted by Crippen LogP contribution is -2.47. The molecular weight excluding hydrogens is 336 g/mol. The number of likely N-dealkylation sites (tertiary alicyclic amines) is 1. The number of carbonyl (C=O) groups excluding carboxylic acids is 1. The molecule has 2 aromatic carbocycles. The largest absolute Gasteiger partial charge is 0.303 e. The molecule has 4 heteroatoms. The highest BCUT2D eigenvalue weighted by Crippen LogP contribution is 2.18. The van der Waals surface area contributed by atoms with Crippen LogP contribution in [0, 0.1) is 0 Å². The summed E-state index contributed by atoms with van der Waals surface area (Å²) in [6.07, 6.45) is 3.84. The van der Waals surface area contributed by atoms with Gasteiger partial charge in [-0.15, -0.1) is 0 Å². The average molecular weight is 367 g/mol. The Bertz CT molecular complexity index is 682. The average Bonchev–Trinajstić information content (AvgIpc) is 2.71. The van der Waals surface area contributed by atoms with Crippen LogP contribution in [0.4, 0.5) is 0 Å². The maximum Gasteiger partial charge on any atom is 0.243 e. The second-order valence-corrected chi connectivity index (χ2v) is 7.22. The molecule has 0 radical (unpaired) electrons. The Labute approximate surface area is 162 Å². The second kappa shape index (κ2) is 10.2. The zero-order chi connectivity index (χ0) is 18.9. The van der Waals surface area contributed by atoms with E-state index >= 15 is 0 Å². The molecule has 1 aliphatic rings. The Kier molecular flexibility index (Phi) is 7.43. The second-order valence-electron chi connectivity index (χ2n) is 7.22. The molecule has 1 saturated heterocycles. The number of nitrogens with zero attached hydrogens (tertiary/aromatic N) is 2. The van der Waals surface area contributed by atoms with Gasteiger partial charge in [0.15, 0.2) is 0 Å². The monoisotopic (exact) mass is 366 g/mol. The molecule has 0 atom stereocenters. The summed E-state index contributed by atoms with van der Waals surface area (Å²) in [4.78, 5) is 20.4. The van der Waals surface area contributed by atoms with Gasteiger partial charge in [-0.3, -0.25) is 9.63 Å². The minimum atomic E-state index is 0.00537. The summed E-state index contributed by atoms with van der Waals surface area (Å²) in [5.74, 6) is 0.00537. The van der Waals surface area contributed by atoms with E-state index in [0.29, 0.717) is 6.61 Å². The number of hydroxylamine groups is 2. The van der Waals surface area contributed by atoms with Gasteiger partial charge in [-0.25, -0.2) is 5.06 Å². The molecule has 1 fully saturated rings. The van der Waals surface area contributed by atoms with Gasteiger partial charge in [0.25, 0.3) is 0 Å². The normalized spacial score (nSPS) is 15.6. The lowest BCUT2D eigenvalue weighted by atomic mass is 10.0. The topological polar surface area (TPSA) is 32.8 Å². The maximum atomic E-state index is 12.1. The van der Waals surface area contributed by atoms with Gasteiger partial charge in [-0.1, -0.05) is 60.7 Å². The van der Waals surface area contributed by atoms with Crippen molar-refractivity contribution in [1.29, 1.82) is 0 Å². The number of hydrogen-bond acceptors (Lipinski definition) is 3. The highest BCUT2D eigenvalue weighted by atomic mass is 16.7. The Hall–Kier alpha value is -2.17. The molecule has 0 bridgehead atoms. The van der Waals surface area contributed by atoms with Gasteiger partial charge < -0.3 is 4.90 Å². The predicted molar refractivity (Wildman–Crippen MR) is 108 cm³/mol. The molecule has 0 saturated carbocycles. The third-order valence-electron chi connectivity index (χ3n) is 5.22. The Morgan fingerprint density at radius 3 is 2.07 bits per heavy atom.